The monoisotopic (exact) mass is 307 g/mol. The number of benzene rings is 2. The fourth-order valence-corrected chi connectivity index (χ4v) is 1.97. The number of para-hydroxylation sites is 1. The van der Waals surface area contributed by atoms with Gasteiger partial charge in [-0.2, -0.15) is 0 Å². The van der Waals surface area contributed by atoms with E-state index in [2.05, 4.69) is 5.32 Å². The molecule has 0 spiro atoms. The Kier molecular flexibility index (Phi) is 4.81. The second kappa shape index (κ2) is 6.59. The number of rotatable bonds is 4. The van der Waals surface area contributed by atoms with Crippen LogP contribution in [0.4, 0.5) is 10.1 Å². The Bertz CT molecular complexity index is 660. The van der Waals surface area contributed by atoms with Crippen molar-refractivity contribution in [3.63, 3.8) is 0 Å². The van der Waals surface area contributed by atoms with Crippen LogP contribution in [-0.2, 0) is 4.79 Å². The second-order valence-corrected chi connectivity index (χ2v) is 5.05. The fourth-order valence-electron chi connectivity index (χ4n) is 1.76. The largest absolute Gasteiger partial charge is 0.481 e. The van der Waals surface area contributed by atoms with Gasteiger partial charge in [0.15, 0.2) is 6.10 Å². The van der Waals surface area contributed by atoms with Crippen LogP contribution in [0.25, 0.3) is 0 Å². The van der Waals surface area contributed by atoms with Crippen molar-refractivity contribution in [2.24, 2.45) is 0 Å². The number of halogens is 2. The maximum Gasteiger partial charge on any atom is 0.265 e. The van der Waals surface area contributed by atoms with Gasteiger partial charge in [0.2, 0.25) is 0 Å². The lowest BCUT2D eigenvalue weighted by atomic mass is 10.2. The highest BCUT2D eigenvalue weighted by molar-refractivity contribution is 6.33. The molecule has 0 saturated carbocycles. The molecule has 0 aliphatic heterocycles. The average Bonchev–Trinajstić information content (AvgIpc) is 2.44. The molecule has 0 saturated heterocycles. The summed E-state index contributed by atoms with van der Waals surface area (Å²) in [6.07, 6.45) is -0.702. The van der Waals surface area contributed by atoms with E-state index >= 15 is 0 Å². The van der Waals surface area contributed by atoms with Gasteiger partial charge in [0.1, 0.15) is 11.6 Å². The number of anilines is 1. The van der Waals surface area contributed by atoms with Crippen molar-refractivity contribution >= 4 is 23.2 Å². The molecule has 110 valence electrons. The van der Waals surface area contributed by atoms with E-state index in [-0.39, 0.29) is 10.9 Å². The smallest absolute Gasteiger partial charge is 0.265 e. The van der Waals surface area contributed by atoms with Gasteiger partial charge in [-0.05, 0) is 43.7 Å². The van der Waals surface area contributed by atoms with Gasteiger partial charge in [-0.25, -0.2) is 4.39 Å². The predicted molar refractivity (Wildman–Crippen MR) is 81.3 cm³/mol. The molecule has 0 aliphatic rings. The quantitative estimate of drug-likeness (QED) is 0.919. The first-order valence-electron chi connectivity index (χ1n) is 6.45. The van der Waals surface area contributed by atoms with E-state index in [1.807, 2.05) is 25.1 Å². The molecule has 2 aromatic rings. The standard InChI is InChI=1S/C16H15ClFNO2/c1-10-5-3-4-6-15(10)21-11(2)16(20)19-14-8-7-12(18)9-13(14)17/h3-9,11H,1-2H3,(H,19,20)/t11-/m0/s1. The van der Waals surface area contributed by atoms with Crippen molar-refractivity contribution in [2.75, 3.05) is 5.32 Å². The molecular formula is C16H15ClFNO2. The molecule has 0 bridgehead atoms. The third kappa shape index (κ3) is 3.95. The zero-order valence-corrected chi connectivity index (χ0v) is 12.4. The van der Waals surface area contributed by atoms with Crippen LogP contribution in [0.2, 0.25) is 5.02 Å². The van der Waals surface area contributed by atoms with E-state index < -0.39 is 11.9 Å². The Hall–Kier alpha value is -2.07. The summed E-state index contributed by atoms with van der Waals surface area (Å²) in [6, 6.07) is 11.2. The van der Waals surface area contributed by atoms with E-state index in [1.54, 1.807) is 13.0 Å². The molecule has 0 aliphatic carbocycles. The molecule has 0 heterocycles. The minimum atomic E-state index is -0.702. The van der Waals surface area contributed by atoms with Crippen molar-refractivity contribution < 1.29 is 13.9 Å². The van der Waals surface area contributed by atoms with E-state index in [0.29, 0.717) is 11.4 Å². The summed E-state index contributed by atoms with van der Waals surface area (Å²) >= 11 is 5.87. The van der Waals surface area contributed by atoms with Gasteiger partial charge in [-0.1, -0.05) is 29.8 Å². The molecule has 2 aromatic carbocycles. The zero-order valence-electron chi connectivity index (χ0n) is 11.7. The molecule has 0 aromatic heterocycles. The lowest BCUT2D eigenvalue weighted by Gasteiger charge is -2.16. The van der Waals surface area contributed by atoms with Gasteiger partial charge in [0.25, 0.3) is 5.91 Å². The average molecular weight is 308 g/mol. The third-order valence-corrected chi connectivity index (χ3v) is 3.27. The summed E-state index contributed by atoms with van der Waals surface area (Å²) in [5.41, 5.74) is 1.29. The van der Waals surface area contributed by atoms with Crippen molar-refractivity contribution in [1.82, 2.24) is 0 Å². The molecule has 1 amide bonds. The minimum Gasteiger partial charge on any atom is -0.481 e. The predicted octanol–water partition coefficient (Wildman–Crippen LogP) is 4.19. The van der Waals surface area contributed by atoms with Crippen molar-refractivity contribution in [3.05, 3.63) is 58.9 Å². The highest BCUT2D eigenvalue weighted by Gasteiger charge is 2.17. The van der Waals surface area contributed by atoms with Crippen LogP contribution < -0.4 is 10.1 Å². The normalized spacial score (nSPS) is 11.8. The van der Waals surface area contributed by atoms with Gasteiger partial charge in [0.05, 0.1) is 10.7 Å². The highest BCUT2D eigenvalue weighted by atomic mass is 35.5. The maximum atomic E-state index is 13.0. The lowest BCUT2D eigenvalue weighted by molar-refractivity contribution is -0.122. The number of carbonyl (C=O) groups excluding carboxylic acids is 1. The first kappa shape index (κ1) is 15.3. The van der Waals surface area contributed by atoms with Gasteiger partial charge in [0, 0.05) is 0 Å². The van der Waals surface area contributed by atoms with Crippen LogP contribution in [0.1, 0.15) is 12.5 Å². The lowest BCUT2D eigenvalue weighted by Crippen LogP contribution is -2.30. The van der Waals surface area contributed by atoms with Crippen molar-refractivity contribution in [1.29, 1.82) is 0 Å². The summed E-state index contributed by atoms with van der Waals surface area (Å²) in [5.74, 6) is -0.167. The number of hydrogen-bond acceptors (Lipinski definition) is 2. The molecule has 5 heteroatoms. The maximum absolute atomic E-state index is 13.0. The molecule has 1 N–H and O–H groups in total. The summed E-state index contributed by atoms with van der Waals surface area (Å²) in [7, 11) is 0. The van der Waals surface area contributed by atoms with Crippen LogP contribution in [-0.4, -0.2) is 12.0 Å². The van der Waals surface area contributed by atoms with Crippen molar-refractivity contribution in [2.45, 2.75) is 20.0 Å². The van der Waals surface area contributed by atoms with Gasteiger partial charge >= 0.3 is 0 Å². The summed E-state index contributed by atoms with van der Waals surface area (Å²) in [5, 5.41) is 2.76. The summed E-state index contributed by atoms with van der Waals surface area (Å²) < 4.78 is 18.6. The van der Waals surface area contributed by atoms with Gasteiger partial charge < -0.3 is 10.1 Å². The van der Waals surface area contributed by atoms with E-state index in [4.69, 9.17) is 16.3 Å². The van der Waals surface area contributed by atoms with Gasteiger partial charge in [-0.3, -0.25) is 4.79 Å². The van der Waals surface area contributed by atoms with Crippen LogP contribution in [0.3, 0.4) is 0 Å². The fraction of sp³-hybridized carbons (Fsp3) is 0.188. The molecule has 3 nitrogen and oxygen atoms in total. The number of carbonyl (C=O) groups is 1. The van der Waals surface area contributed by atoms with Crippen LogP contribution in [0.15, 0.2) is 42.5 Å². The minimum absolute atomic E-state index is 0.145. The first-order chi connectivity index (χ1) is 9.97. The number of ether oxygens (including phenoxy) is 1. The Balaban J connectivity index is 2.04. The van der Waals surface area contributed by atoms with Crippen molar-refractivity contribution in [3.8, 4) is 5.75 Å². The Labute approximate surface area is 127 Å². The molecule has 21 heavy (non-hydrogen) atoms. The summed E-state index contributed by atoms with van der Waals surface area (Å²) in [4.78, 5) is 12.1. The Morgan fingerprint density at radius 1 is 1.29 bits per heavy atom. The molecule has 2 rings (SSSR count). The van der Waals surface area contributed by atoms with Crippen LogP contribution >= 0.6 is 11.6 Å². The van der Waals surface area contributed by atoms with Crippen LogP contribution in [0.5, 0.6) is 5.75 Å². The first-order valence-corrected chi connectivity index (χ1v) is 6.83. The Morgan fingerprint density at radius 2 is 2.00 bits per heavy atom. The SMILES string of the molecule is Cc1ccccc1O[C@@H](C)C(=O)Nc1ccc(F)cc1Cl. The second-order valence-electron chi connectivity index (χ2n) is 4.64. The molecular weight excluding hydrogens is 293 g/mol. The third-order valence-electron chi connectivity index (χ3n) is 2.96. The molecule has 0 radical (unpaired) electrons. The number of aryl methyl sites for hydroxylation is 1. The molecule has 0 fully saturated rings. The van der Waals surface area contributed by atoms with E-state index in [9.17, 15) is 9.18 Å². The topological polar surface area (TPSA) is 38.3 Å². The highest BCUT2D eigenvalue weighted by Crippen LogP contribution is 2.23. The molecule has 0 unspecified atom stereocenters. The molecule has 1 atom stereocenters. The number of amides is 1. The number of hydrogen-bond donors (Lipinski definition) is 1. The Morgan fingerprint density at radius 3 is 2.67 bits per heavy atom. The zero-order chi connectivity index (χ0) is 15.4. The van der Waals surface area contributed by atoms with Gasteiger partial charge in [-0.15, -0.1) is 0 Å². The number of nitrogens with one attached hydrogen (secondary N) is 1. The summed E-state index contributed by atoms with van der Waals surface area (Å²) in [6.45, 7) is 3.54. The van der Waals surface area contributed by atoms with E-state index in [0.717, 1.165) is 11.6 Å². The van der Waals surface area contributed by atoms with Crippen LogP contribution in [0, 0.1) is 12.7 Å². The van der Waals surface area contributed by atoms with E-state index in [1.165, 1.54) is 12.1 Å².